The van der Waals surface area contributed by atoms with Gasteiger partial charge in [0.15, 0.2) is 5.82 Å². The van der Waals surface area contributed by atoms with Crippen molar-refractivity contribution in [3.63, 3.8) is 0 Å². The third kappa shape index (κ3) is 2.54. The van der Waals surface area contributed by atoms with Gasteiger partial charge in [0.25, 0.3) is 5.56 Å². The smallest absolute Gasteiger partial charge is 0.261 e. The van der Waals surface area contributed by atoms with Crippen molar-refractivity contribution in [2.24, 2.45) is 0 Å². The average molecular weight is 285 g/mol. The average Bonchev–Trinajstić information content (AvgIpc) is 2.91. The van der Waals surface area contributed by atoms with Crippen LogP contribution in [0.4, 0.5) is 0 Å². The Kier molecular flexibility index (Phi) is 3.04. The topological polar surface area (TPSA) is 86.7 Å². The van der Waals surface area contributed by atoms with Crippen LogP contribution in [0, 0.1) is 0 Å². The zero-order valence-electron chi connectivity index (χ0n) is 12.1. The van der Waals surface area contributed by atoms with Crippen molar-refractivity contribution < 1.29 is 4.52 Å². The van der Waals surface area contributed by atoms with Gasteiger partial charge < -0.3 is 4.52 Å². The highest BCUT2D eigenvalue weighted by atomic mass is 16.5. The van der Waals surface area contributed by atoms with Crippen LogP contribution in [-0.4, -0.2) is 24.7 Å². The molecule has 0 aliphatic rings. The molecule has 0 N–H and O–H groups in total. The quantitative estimate of drug-likeness (QED) is 0.709. The van der Waals surface area contributed by atoms with Gasteiger partial charge in [0.1, 0.15) is 6.54 Å². The number of hydrogen-bond acceptors (Lipinski definition) is 6. The van der Waals surface area contributed by atoms with Crippen LogP contribution in [0.25, 0.3) is 10.9 Å². The molecule has 0 aliphatic carbocycles. The summed E-state index contributed by atoms with van der Waals surface area (Å²) in [4.78, 5) is 24.8. The molecule has 0 saturated carbocycles. The molecule has 0 amide bonds. The fourth-order valence-electron chi connectivity index (χ4n) is 1.89. The lowest BCUT2D eigenvalue weighted by molar-refractivity contribution is 0.356. The van der Waals surface area contributed by atoms with Crippen molar-refractivity contribution in [1.82, 2.24) is 24.7 Å². The van der Waals surface area contributed by atoms with Crippen LogP contribution in [0.1, 0.15) is 32.5 Å². The fraction of sp³-hybridized carbons (Fsp3) is 0.357. The summed E-state index contributed by atoms with van der Waals surface area (Å²) in [5.74, 6) is 1.00. The third-order valence-corrected chi connectivity index (χ3v) is 3.07. The van der Waals surface area contributed by atoms with Gasteiger partial charge in [-0.3, -0.25) is 14.3 Å². The standard InChI is InChI=1S/C14H15N5O2/c1-14(2,3)13-17-11(21-18-13)7-19-8-16-10-6-15-5-4-9(10)12(19)20/h4-6,8H,7H2,1-3H3. The largest absolute Gasteiger partial charge is 0.337 e. The van der Waals surface area contributed by atoms with E-state index in [0.29, 0.717) is 22.6 Å². The first-order chi connectivity index (χ1) is 9.95. The van der Waals surface area contributed by atoms with E-state index < -0.39 is 0 Å². The van der Waals surface area contributed by atoms with Crippen LogP contribution in [-0.2, 0) is 12.0 Å². The van der Waals surface area contributed by atoms with Gasteiger partial charge in [-0.2, -0.15) is 4.98 Å². The molecule has 0 spiro atoms. The molecule has 3 heterocycles. The number of aromatic nitrogens is 5. The highest BCUT2D eigenvalue weighted by Gasteiger charge is 2.21. The van der Waals surface area contributed by atoms with Crippen LogP contribution in [0.5, 0.6) is 0 Å². The van der Waals surface area contributed by atoms with Crippen molar-refractivity contribution in [1.29, 1.82) is 0 Å². The van der Waals surface area contributed by atoms with E-state index in [1.54, 1.807) is 18.5 Å². The van der Waals surface area contributed by atoms with Gasteiger partial charge in [-0.15, -0.1) is 0 Å². The molecule has 0 bridgehead atoms. The zero-order chi connectivity index (χ0) is 15.0. The summed E-state index contributed by atoms with van der Waals surface area (Å²) in [6.07, 6.45) is 4.60. The summed E-state index contributed by atoms with van der Waals surface area (Å²) in [5.41, 5.74) is 0.220. The summed E-state index contributed by atoms with van der Waals surface area (Å²) in [7, 11) is 0. The number of pyridine rings is 1. The molecule has 0 fully saturated rings. The normalized spacial score (nSPS) is 12.0. The maximum Gasteiger partial charge on any atom is 0.261 e. The maximum atomic E-state index is 12.3. The fourth-order valence-corrected chi connectivity index (χ4v) is 1.89. The lowest BCUT2D eigenvalue weighted by Crippen LogP contribution is -2.21. The first-order valence-electron chi connectivity index (χ1n) is 6.57. The second-order valence-electron chi connectivity index (χ2n) is 5.83. The van der Waals surface area contributed by atoms with Gasteiger partial charge in [-0.05, 0) is 6.07 Å². The van der Waals surface area contributed by atoms with Crippen molar-refractivity contribution in [2.45, 2.75) is 32.7 Å². The van der Waals surface area contributed by atoms with E-state index in [-0.39, 0.29) is 17.5 Å². The molecule has 108 valence electrons. The van der Waals surface area contributed by atoms with Crippen molar-refractivity contribution in [3.8, 4) is 0 Å². The second-order valence-corrected chi connectivity index (χ2v) is 5.83. The van der Waals surface area contributed by atoms with Gasteiger partial charge in [-0.25, -0.2) is 4.98 Å². The highest BCUT2D eigenvalue weighted by Crippen LogP contribution is 2.18. The van der Waals surface area contributed by atoms with Gasteiger partial charge in [0, 0.05) is 11.6 Å². The summed E-state index contributed by atoms with van der Waals surface area (Å²) in [6.45, 7) is 6.20. The molecule has 0 saturated heterocycles. The molecule has 7 heteroatoms. The predicted octanol–water partition coefficient (Wildman–Crippen LogP) is 1.52. The highest BCUT2D eigenvalue weighted by molar-refractivity contribution is 5.75. The lowest BCUT2D eigenvalue weighted by atomic mass is 9.96. The second kappa shape index (κ2) is 4.76. The molecule has 0 aromatic carbocycles. The molecular weight excluding hydrogens is 270 g/mol. The Morgan fingerprint density at radius 1 is 1.33 bits per heavy atom. The van der Waals surface area contributed by atoms with Crippen molar-refractivity contribution >= 4 is 10.9 Å². The molecule has 3 aromatic heterocycles. The molecule has 3 aromatic rings. The Balaban J connectivity index is 1.97. The van der Waals surface area contributed by atoms with E-state index in [1.807, 2.05) is 20.8 Å². The Morgan fingerprint density at radius 3 is 2.86 bits per heavy atom. The third-order valence-electron chi connectivity index (χ3n) is 3.07. The predicted molar refractivity (Wildman–Crippen MR) is 75.9 cm³/mol. The maximum absolute atomic E-state index is 12.3. The lowest BCUT2D eigenvalue weighted by Gasteiger charge is -2.10. The van der Waals surface area contributed by atoms with Crippen LogP contribution >= 0.6 is 0 Å². The first kappa shape index (κ1) is 13.4. The number of rotatable bonds is 2. The molecule has 0 atom stereocenters. The van der Waals surface area contributed by atoms with Gasteiger partial charge in [0.2, 0.25) is 5.89 Å². The Labute approximate surface area is 120 Å². The van der Waals surface area contributed by atoms with Crippen LogP contribution in [0.15, 0.2) is 34.1 Å². The molecule has 7 nitrogen and oxygen atoms in total. The number of hydrogen-bond donors (Lipinski definition) is 0. The summed E-state index contributed by atoms with van der Waals surface area (Å²) in [6, 6.07) is 1.65. The summed E-state index contributed by atoms with van der Waals surface area (Å²) in [5, 5.41) is 4.46. The minimum absolute atomic E-state index is 0.155. The number of fused-ring (bicyclic) bond motifs is 1. The minimum Gasteiger partial charge on any atom is -0.337 e. The molecule has 0 unspecified atom stereocenters. The van der Waals surface area contributed by atoms with Crippen molar-refractivity contribution in [3.05, 3.63) is 46.9 Å². The van der Waals surface area contributed by atoms with Crippen LogP contribution in [0.2, 0.25) is 0 Å². The molecule has 21 heavy (non-hydrogen) atoms. The Hall–Kier alpha value is -2.57. The van der Waals surface area contributed by atoms with Gasteiger partial charge in [-0.1, -0.05) is 25.9 Å². The molecule has 0 aliphatic heterocycles. The van der Waals surface area contributed by atoms with E-state index in [0.717, 1.165) is 0 Å². The van der Waals surface area contributed by atoms with E-state index >= 15 is 0 Å². The van der Waals surface area contributed by atoms with E-state index in [1.165, 1.54) is 10.9 Å². The number of nitrogens with zero attached hydrogens (tertiary/aromatic N) is 5. The molecule has 3 rings (SSSR count). The Morgan fingerprint density at radius 2 is 2.14 bits per heavy atom. The zero-order valence-corrected chi connectivity index (χ0v) is 12.1. The summed E-state index contributed by atoms with van der Waals surface area (Å²) < 4.78 is 6.65. The molecule has 0 radical (unpaired) electrons. The van der Waals surface area contributed by atoms with Crippen LogP contribution < -0.4 is 5.56 Å². The Bertz CT molecular complexity index is 844. The first-order valence-corrected chi connectivity index (χ1v) is 6.57. The van der Waals surface area contributed by atoms with Crippen LogP contribution in [0.3, 0.4) is 0 Å². The minimum atomic E-state index is -0.194. The molecular formula is C14H15N5O2. The van der Waals surface area contributed by atoms with Crippen molar-refractivity contribution in [2.75, 3.05) is 0 Å². The SMILES string of the molecule is CC(C)(C)c1noc(Cn2cnc3cnccc3c2=O)n1. The monoisotopic (exact) mass is 285 g/mol. The van der Waals surface area contributed by atoms with E-state index in [9.17, 15) is 4.79 Å². The van der Waals surface area contributed by atoms with E-state index in [4.69, 9.17) is 4.52 Å². The summed E-state index contributed by atoms with van der Waals surface area (Å²) >= 11 is 0. The van der Waals surface area contributed by atoms with Gasteiger partial charge in [0.05, 0.1) is 23.4 Å². The van der Waals surface area contributed by atoms with E-state index in [2.05, 4.69) is 20.1 Å². The van der Waals surface area contributed by atoms with Gasteiger partial charge >= 0.3 is 0 Å².